The summed E-state index contributed by atoms with van der Waals surface area (Å²) in [5.74, 6) is 1.56. The Kier molecular flexibility index (Phi) is 4.13. The third-order valence-electron chi connectivity index (χ3n) is 7.41. The molecule has 0 bridgehead atoms. The summed E-state index contributed by atoms with van der Waals surface area (Å²) >= 11 is 6.50. The normalized spacial score (nSPS) is 29.2. The first kappa shape index (κ1) is 19.6. The summed E-state index contributed by atoms with van der Waals surface area (Å²) in [6, 6.07) is 0. The average Bonchev–Trinajstić information content (AvgIpc) is 3.09. The molecule has 4 heterocycles. The number of likely N-dealkylation sites (tertiary alicyclic amines) is 1. The van der Waals surface area contributed by atoms with Gasteiger partial charge in [-0.15, -0.1) is 0 Å². The minimum absolute atomic E-state index is 0.000862. The number of halogens is 1. The fraction of sp³-hybridized carbons (Fsp3) is 0.619. The van der Waals surface area contributed by atoms with E-state index in [0.717, 1.165) is 50.5 Å². The minimum Gasteiger partial charge on any atom is -0.354 e. The summed E-state index contributed by atoms with van der Waals surface area (Å²) in [5, 5.41) is 7.89. The zero-order chi connectivity index (χ0) is 21.3. The number of nitrogens with zero attached hydrogens (tertiary/aromatic N) is 6. The average molecular weight is 430 g/mol. The van der Waals surface area contributed by atoms with Gasteiger partial charge in [0.2, 0.25) is 11.9 Å². The maximum atomic E-state index is 12.9. The number of hydrogen-bond donors (Lipinski definition) is 1. The lowest BCUT2D eigenvalue weighted by Crippen LogP contribution is -2.39. The molecule has 8 nitrogen and oxygen atoms in total. The molecule has 0 spiro atoms. The van der Waals surface area contributed by atoms with Gasteiger partial charge in [0, 0.05) is 55.7 Å². The fourth-order valence-electron chi connectivity index (χ4n) is 4.99. The van der Waals surface area contributed by atoms with E-state index in [0.29, 0.717) is 16.9 Å². The minimum atomic E-state index is -0.117. The van der Waals surface area contributed by atoms with E-state index >= 15 is 0 Å². The summed E-state index contributed by atoms with van der Waals surface area (Å²) in [4.78, 5) is 26.3. The van der Waals surface area contributed by atoms with E-state index in [4.69, 9.17) is 16.6 Å². The largest absolute Gasteiger partial charge is 0.354 e. The summed E-state index contributed by atoms with van der Waals surface area (Å²) in [6.07, 6.45) is 7.28. The quantitative estimate of drug-likeness (QED) is 0.804. The van der Waals surface area contributed by atoms with Crippen molar-refractivity contribution in [1.29, 1.82) is 0 Å². The molecule has 30 heavy (non-hydrogen) atoms. The molecule has 1 aliphatic carbocycles. The number of carbonyl (C=O) groups excluding carboxylic acids is 1. The van der Waals surface area contributed by atoms with Crippen LogP contribution in [-0.4, -0.2) is 56.7 Å². The predicted molar refractivity (Wildman–Crippen MR) is 116 cm³/mol. The Morgan fingerprint density at radius 2 is 1.77 bits per heavy atom. The molecule has 2 atom stereocenters. The first-order valence-corrected chi connectivity index (χ1v) is 10.8. The molecule has 0 radical (unpaired) electrons. The van der Waals surface area contributed by atoms with E-state index in [9.17, 15) is 4.79 Å². The first-order chi connectivity index (χ1) is 14.1. The number of rotatable bonds is 4. The second-order valence-electron chi connectivity index (χ2n) is 10.1. The smallest absolute Gasteiger partial charge is 0.229 e. The highest BCUT2D eigenvalue weighted by atomic mass is 35.5. The molecule has 0 aromatic carbocycles. The van der Waals surface area contributed by atoms with Gasteiger partial charge in [0.1, 0.15) is 5.02 Å². The summed E-state index contributed by atoms with van der Waals surface area (Å²) in [5.41, 5.74) is 0.706. The van der Waals surface area contributed by atoms with Crippen molar-refractivity contribution in [2.24, 2.45) is 23.3 Å². The fourth-order valence-corrected chi connectivity index (χ4v) is 5.20. The summed E-state index contributed by atoms with van der Waals surface area (Å²) < 4.78 is 1.72. The lowest BCUT2D eigenvalue weighted by Gasteiger charge is -2.29. The third-order valence-corrected chi connectivity index (χ3v) is 7.67. The maximum absolute atomic E-state index is 12.9. The van der Waals surface area contributed by atoms with Gasteiger partial charge in [0.05, 0.1) is 18.1 Å². The van der Waals surface area contributed by atoms with Crippen molar-refractivity contribution in [3.05, 3.63) is 23.6 Å². The number of fused-ring (bicyclic) bond motifs is 1. The maximum Gasteiger partial charge on any atom is 0.229 e. The Hall–Kier alpha value is -2.35. The second kappa shape index (κ2) is 6.33. The third kappa shape index (κ3) is 3.04. The standard InChI is InChI=1S/C21H28ClN7O/c1-19(5-6-19)17(30)29-12-20(2)10-28(11-21(20,3)13-29)16-15(22)8-23-18(26-16)25-14-7-24-27(4)9-14/h7-9H,5-6,10-13H2,1-4H3,(H,23,25,26)/t20-,21+. The van der Waals surface area contributed by atoms with Crippen LogP contribution in [0.2, 0.25) is 5.02 Å². The highest BCUT2D eigenvalue weighted by Gasteiger charge is 2.61. The van der Waals surface area contributed by atoms with Crippen LogP contribution >= 0.6 is 11.6 Å². The molecule has 160 valence electrons. The van der Waals surface area contributed by atoms with Gasteiger partial charge in [-0.05, 0) is 12.8 Å². The van der Waals surface area contributed by atoms with Gasteiger partial charge < -0.3 is 15.1 Å². The molecule has 1 N–H and O–H groups in total. The molecule has 5 rings (SSSR count). The molecule has 2 saturated heterocycles. The van der Waals surface area contributed by atoms with Gasteiger partial charge in [-0.3, -0.25) is 9.48 Å². The lowest BCUT2D eigenvalue weighted by molar-refractivity contribution is -0.135. The van der Waals surface area contributed by atoms with E-state index in [-0.39, 0.29) is 16.2 Å². The number of nitrogens with one attached hydrogen (secondary N) is 1. The van der Waals surface area contributed by atoms with Crippen molar-refractivity contribution in [2.75, 3.05) is 36.4 Å². The van der Waals surface area contributed by atoms with Crippen molar-refractivity contribution >= 4 is 35.0 Å². The number of hydrogen-bond acceptors (Lipinski definition) is 6. The van der Waals surface area contributed by atoms with Gasteiger partial charge in [-0.2, -0.15) is 10.1 Å². The number of anilines is 3. The molecule has 3 aliphatic rings. The SMILES string of the molecule is Cn1cc(Nc2ncc(Cl)c(N3C[C@]4(C)CN(C(=O)C5(C)CC5)C[C@]4(C)C3)n2)cn1. The Morgan fingerprint density at radius 3 is 2.33 bits per heavy atom. The first-order valence-electron chi connectivity index (χ1n) is 10.4. The van der Waals surface area contributed by atoms with Crippen molar-refractivity contribution in [2.45, 2.75) is 33.6 Å². The van der Waals surface area contributed by atoms with Crippen LogP contribution in [0.25, 0.3) is 0 Å². The van der Waals surface area contributed by atoms with Gasteiger partial charge in [-0.1, -0.05) is 32.4 Å². The van der Waals surface area contributed by atoms with Gasteiger partial charge >= 0.3 is 0 Å². The number of carbonyl (C=O) groups is 1. The highest BCUT2D eigenvalue weighted by molar-refractivity contribution is 6.32. The summed E-state index contributed by atoms with van der Waals surface area (Å²) in [7, 11) is 1.86. The van der Waals surface area contributed by atoms with Gasteiger partial charge in [0.25, 0.3) is 0 Å². The monoisotopic (exact) mass is 429 g/mol. The van der Waals surface area contributed by atoms with E-state index in [1.807, 2.05) is 13.2 Å². The van der Waals surface area contributed by atoms with Crippen molar-refractivity contribution in [3.8, 4) is 0 Å². The molecule has 9 heteroatoms. The highest BCUT2D eigenvalue weighted by Crippen LogP contribution is 2.55. The Morgan fingerprint density at radius 1 is 1.10 bits per heavy atom. The Bertz CT molecular complexity index is 999. The Labute approximate surface area is 181 Å². The van der Waals surface area contributed by atoms with Crippen LogP contribution < -0.4 is 10.2 Å². The van der Waals surface area contributed by atoms with Gasteiger partial charge in [-0.25, -0.2) is 4.98 Å². The topological polar surface area (TPSA) is 79.2 Å². The van der Waals surface area contributed by atoms with Crippen LogP contribution in [-0.2, 0) is 11.8 Å². The molecule has 0 unspecified atom stereocenters. The van der Waals surface area contributed by atoms with Crippen molar-refractivity contribution < 1.29 is 4.79 Å². The van der Waals surface area contributed by atoms with Crippen molar-refractivity contribution in [1.82, 2.24) is 24.6 Å². The van der Waals surface area contributed by atoms with E-state index < -0.39 is 0 Å². The molecule has 1 saturated carbocycles. The van der Waals surface area contributed by atoms with Crippen LogP contribution in [0.5, 0.6) is 0 Å². The van der Waals surface area contributed by atoms with Crippen LogP contribution in [0.4, 0.5) is 17.5 Å². The van der Waals surface area contributed by atoms with E-state index in [2.05, 4.69) is 46.0 Å². The van der Waals surface area contributed by atoms with Crippen molar-refractivity contribution in [3.63, 3.8) is 0 Å². The van der Waals surface area contributed by atoms with Crippen LogP contribution in [0.1, 0.15) is 33.6 Å². The molecular formula is C21H28ClN7O. The zero-order valence-corrected chi connectivity index (χ0v) is 18.7. The number of aromatic nitrogens is 4. The Balaban J connectivity index is 1.36. The number of amides is 1. The van der Waals surface area contributed by atoms with E-state index in [1.54, 1.807) is 17.1 Å². The second-order valence-corrected chi connectivity index (χ2v) is 10.5. The van der Waals surface area contributed by atoms with E-state index in [1.165, 1.54) is 0 Å². The molecule has 3 fully saturated rings. The molecule has 2 aliphatic heterocycles. The summed E-state index contributed by atoms with van der Waals surface area (Å²) in [6.45, 7) is 9.88. The van der Waals surface area contributed by atoms with Crippen LogP contribution in [0, 0.1) is 16.2 Å². The molecule has 1 amide bonds. The zero-order valence-electron chi connectivity index (χ0n) is 17.9. The number of aryl methyl sites for hydroxylation is 1. The molecular weight excluding hydrogens is 402 g/mol. The van der Waals surface area contributed by atoms with Crippen LogP contribution in [0.15, 0.2) is 18.6 Å². The molecule has 2 aromatic rings. The van der Waals surface area contributed by atoms with Gasteiger partial charge in [0.15, 0.2) is 5.82 Å². The van der Waals surface area contributed by atoms with Crippen LogP contribution in [0.3, 0.4) is 0 Å². The molecule has 2 aromatic heterocycles. The predicted octanol–water partition coefficient (Wildman–Crippen LogP) is 3.08. The lowest BCUT2D eigenvalue weighted by atomic mass is 9.71.